The molecule has 0 spiro atoms. The van der Waals surface area contributed by atoms with Gasteiger partial charge in [-0.1, -0.05) is 0 Å². The van der Waals surface area contributed by atoms with E-state index in [1.807, 2.05) is 0 Å². The van der Waals surface area contributed by atoms with Crippen LogP contribution in [0.1, 0.15) is 6.92 Å². The van der Waals surface area contributed by atoms with Gasteiger partial charge in [0.1, 0.15) is 0 Å². The van der Waals surface area contributed by atoms with E-state index in [-0.39, 0.29) is 81.7 Å². The Morgan fingerprint density at radius 2 is 1.18 bits per heavy atom. The summed E-state index contributed by atoms with van der Waals surface area (Å²) in [7, 11) is -4.64. The van der Waals surface area contributed by atoms with Crippen LogP contribution in [-0.2, 0) is 9.36 Å². The van der Waals surface area contributed by atoms with Gasteiger partial charge in [0.25, 0.3) is 5.97 Å². The zero-order chi connectivity index (χ0) is 8.08. The first-order valence-electron chi connectivity index (χ1n) is 1.71. The van der Waals surface area contributed by atoms with Crippen LogP contribution in [0.4, 0.5) is 0 Å². The molecular weight excluding hydrogens is 439 g/mol. The van der Waals surface area contributed by atoms with Crippen LogP contribution in [-0.4, -0.2) is 25.8 Å². The van der Waals surface area contributed by atoms with Gasteiger partial charge in [-0.3, -0.25) is 4.79 Å². The fraction of sp³-hybridized carbons (Fsp3) is 0.500. The van der Waals surface area contributed by atoms with Crippen LogP contribution >= 0.6 is 7.82 Å². The Morgan fingerprint density at radius 3 is 1.18 bits per heavy atom. The summed E-state index contributed by atoms with van der Waals surface area (Å²) >= 11 is 0. The second-order valence-electron chi connectivity index (χ2n) is 1.03. The molecule has 0 rings (SSSR count). The summed E-state index contributed by atoms with van der Waals surface area (Å²) in [6.45, 7) is 1.08. The van der Waals surface area contributed by atoms with Crippen molar-refractivity contribution in [2.75, 3.05) is 0 Å². The average molecular weight is 447 g/mol. The van der Waals surface area contributed by atoms with E-state index >= 15 is 0 Å². The second-order valence-corrected chi connectivity index (χ2v) is 2.06. The molecule has 11 heavy (non-hydrogen) atoms. The van der Waals surface area contributed by atoms with Crippen molar-refractivity contribution < 1.29 is 111 Å². The van der Waals surface area contributed by atoms with Crippen LogP contribution in [0, 0.1) is 81.7 Å². The van der Waals surface area contributed by atoms with Gasteiger partial charge in [0.05, 0.1) is 0 Å². The molecule has 0 fully saturated rings. The molecule has 0 atom stereocenters. The van der Waals surface area contributed by atoms with Crippen molar-refractivity contribution in [3.05, 3.63) is 0 Å². The second kappa shape index (κ2) is 12.3. The minimum atomic E-state index is -4.64. The van der Waals surface area contributed by atoms with Crippen LogP contribution in [0.2, 0.25) is 0 Å². The Balaban J connectivity index is -0.0000000383. The molecule has 0 aromatic heterocycles. The van der Waals surface area contributed by atoms with E-state index < -0.39 is 13.8 Å². The minimum absolute atomic E-state index is 0. The summed E-state index contributed by atoms with van der Waals surface area (Å²) in [5.74, 6) is -0.833. The molecule has 9 heteroatoms. The van der Waals surface area contributed by atoms with Crippen LogP contribution in [0.3, 0.4) is 0 Å². The molecule has 0 unspecified atom stereocenters. The Bertz CT molecular complexity index is 118. The number of aliphatic carboxylic acids is 1. The van der Waals surface area contributed by atoms with E-state index in [9.17, 15) is 0 Å². The van der Waals surface area contributed by atoms with Crippen LogP contribution in [0.25, 0.3) is 0 Å². The molecule has 0 saturated heterocycles. The molecule has 0 aromatic carbocycles. The monoisotopic (exact) mass is 442 g/mol. The normalized spacial score (nSPS) is 7.64. The summed E-state index contributed by atoms with van der Waals surface area (Å²) in [6, 6.07) is 0. The third kappa shape index (κ3) is 249. The van der Waals surface area contributed by atoms with Gasteiger partial charge in [-0.2, -0.15) is 0 Å². The van der Waals surface area contributed by atoms with E-state index in [0.717, 1.165) is 6.92 Å². The van der Waals surface area contributed by atoms with E-state index in [0.29, 0.717) is 0 Å². The SMILES string of the molecule is CC(=O)O.O=P(O)(O)O.[Nd].[Nd]. The third-order valence-corrected chi connectivity index (χ3v) is 0. The number of carboxylic acid groups (broad SMARTS) is 1. The molecular formula is C2H7Nd2O6P. The molecule has 0 bridgehead atoms. The Morgan fingerprint density at radius 1 is 1.18 bits per heavy atom. The minimum Gasteiger partial charge on any atom is -0.481 e. The molecule has 0 aliphatic heterocycles. The first-order valence-corrected chi connectivity index (χ1v) is 3.28. The van der Waals surface area contributed by atoms with E-state index in [1.54, 1.807) is 0 Å². The first kappa shape index (κ1) is 23.3. The van der Waals surface area contributed by atoms with Gasteiger partial charge in [0.2, 0.25) is 0 Å². The summed E-state index contributed by atoms with van der Waals surface area (Å²) in [5.41, 5.74) is 0. The Kier molecular flexibility index (Phi) is 26.0. The topological polar surface area (TPSA) is 115 Å². The number of hydrogen-bond donors (Lipinski definition) is 4. The van der Waals surface area contributed by atoms with E-state index in [1.165, 1.54) is 0 Å². The number of carboxylic acids is 1. The van der Waals surface area contributed by atoms with Gasteiger partial charge < -0.3 is 19.8 Å². The van der Waals surface area contributed by atoms with Crippen molar-refractivity contribution in [1.29, 1.82) is 0 Å². The molecule has 64 valence electrons. The predicted octanol–water partition coefficient (Wildman–Crippen LogP) is -0.838. The van der Waals surface area contributed by atoms with Crippen LogP contribution in [0.15, 0.2) is 0 Å². The van der Waals surface area contributed by atoms with Crippen LogP contribution < -0.4 is 0 Å². The standard InChI is InChI=1S/C2H4O2.2Nd.H3O4P/c1-2(3)4;;;1-5(2,3)4/h1H3,(H,3,4);;;(H3,1,2,3,4). The van der Waals surface area contributed by atoms with Crippen molar-refractivity contribution >= 4 is 13.8 Å². The average Bonchev–Trinajstić information content (AvgIpc) is 1.19. The number of carbonyl (C=O) groups is 1. The van der Waals surface area contributed by atoms with Crippen molar-refractivity contribution in [1.82, 2.24) is 0 Å². The maximum atomic E-state index is 9.00. The van der Waals surface area contributed by atoms with Crippen molar-refractivity contribution in [3.8, 4) is 0 Å². The quantitative estimate of drug-likeness (QED) is 0.361. The van der Waals surface area contributed by atoms with Gasteiger partial charge in [0, 0.05) is 88.6 Å². The first-order chi connectivity index (χ1) is 3.73. The van der Waals surface area contributed by atoms with Crippen LogP contribution in [0.5, 0.6) is 0 Å². The predicted molar refractivity (Wildman–Crippen MR) is 27.6 cm³/mol. The molecule has 4 N–H and O–H groups in total. The van der Waals surface area contributed by atoms with Crippen molar-refractivity contribution in [2.24, 2.45) is 0 Å². The fourth-order valence-corrected chi connectivity index (χ4v) is 0. The van der Waals surface area contributed by atoms with E-state index in [2.05, 4.69) is 0 Å². The summed E-state index contributed by atoms with van der Waals surface area (Å²) < 4.78 is 8.88. The zero-order valence-electron chi connectivity index (χ0n) is 5.55. The number of hydrogen-bond acceptors (Lipinski definition) is 2. The smallest absolute Gasteiger partial charge is 0.466 e. The number of rotatable bonds is 0. The molecule has 0 heterocycles. The summed E-state index contributed by atoms with van der Waals surface area (Å²) in [5, 5.41) is 7.42. The maximum absolute atomic E-state index is 9.00. The molecule has 0 aliphatic rings. The third-order valence-electron chi connectivity index (χ3n) is 0. The fourth-order valence-electron chi connectivity index (χ4n) is 0. The Labute approximate surface area is 129 Å². The molecule has 0 radical (unpaired) electrons. The molecule has 6 nitrogen and oxygen atoms in total. The maximum Gasteiger partial charge on any atom is 0.466 e. The van der Waals surface area contributed by atoms with Gasteiger partial charge in [-0.05, 0) is 0 Å². The molecule has 0 amide bonds. The van der Waals surface area contributed by atoms with Gasteiger partial charge in [-0.25, -0.2) is 4.57 Å². The summed E-state index contributed by atoms with van der Waals surface area (Å²) in [4.78, 5) is 30.6. The van der Waals surface area contributed by atoms with Crippen molar-refractivity contribution in [3.63, 3.8) is 0 Å². The Hall–Kier alpha value is 2.28. The van der Waals surface area contributed by atoms with Gasteiger partial charge >= 0.3 is 7.82 Å². The number of phosphoric acid groups is 1. The zero-order valence-corrected chi connectivity index (χ0v) is 12.9. The molecule has 0 aliphatic carbocycles. The van der Waals surface area contributed by atoms with Crippen molar-refractivity contribution in [2.45, 2.75) is 6.92 Å². The van der Waals surface area contributed by atoms with Gasteiger partial charge in [0.15, 0.2) is 0 Å². The summed E-state index contributed by atoms with van der Waals surface area (Å²) in [6.07, 6.45) is 0. The van der Waals surface area contributed by atoms with Gasteiger partial charge in [-0.15, -0.1) is 0 Å². The largest absolute Gasteiger partial charge is 0.481 e. The van der Waals surface area contributed by atoms with E-state index in [4.69, 9.17) is 29.1 Å². The molecule has 0 aromatic rings. The molecule has 0 saturated carbocycles.